The van der Waals surface area contributed by atoms with Crippen molar-refractivity contribution < 1.29 is 4.79 Å². The van der Waals surface area contributed by atoms with Crippen LogP contribution in [-0.2, 0) is 0 Å². The highest BCUT2D eigenvalue weighted by molar-refractivity contribution is 7.12. The van der Waals surface area contributed by atoms with Crippen molar-refractivity contribution in [3.8, 4) is 0 Å². The molecule has 5 heteroatoms. The number of piperazine rings is 1. The second kappa shape index (κ2) is 5.85. The fourth-order valence-corrected chi connectivity index (χ4v) is 3.16. The van der Waals surface area contributed by atoms with Crippen LogP contribution in [0.3, 0.4) is 0 Å². The van der Waals surface area contributed by atoms with Crippen LogP contribution in [0.25, 0.3) is 0 Å². The molecule has 0 bridgehead atoms. The van der Waals surface area contributed by atoms with Gasteiger partial charge in [-0.1, -0.05) is 0 Å². The molecule has 0 aliphatic carbocycles. The molecule has 94 valence electrons. The molecule has 1 aliphatic rings. The Labute approximate surface area is 111 Å². The minimum atomic E-state index is 0.183. The second-order valence-corrected chi connectivity index (χ2v) is 5.55. The molecule has 1 aliphatic heterocycles. The van der Waals surface area contributed by atoms with Gasteiger partial charge in [-0.25, -0.2) is 0 Å². The fourth-order valence-electron chi connectivity index (χ4n) is 2.03. The van der Waals surface area contributed by atoms with Gasteiger partial charge in [-0.3, -0.25) is 9.69 Å². The summed E-state index contributed by atoms with van der Waals surface area (Å²) in [6, 6.07) is 2.00. The van der Waals surface area contributed by atoms with Gasteiger partial charge in [0, 0.05) is 38.6 Å². The maximum absolute atomic E-state index is 12.2. The molecule has 1 amide bonds. The molecule has 0 atom stereocenters. The van der Waals surface area contributed by atoms with Gasteiger partial charge >= 0.3 is 0 Å². The Hall–Kier alpha value is -0.580. The van der Waals surface area contributed by atoms with Gasteiger partial charge in [0.2, 0.25) is 0 Å². The molecule has 0 saturated carbocycles. The van der Waals surface area contributed by atoms with Crippen LogP contribution in [0.15, 0.2) is 11.4 Å². The van der Waals surface area contributed by atoms with E-state index in [4.69, 9.17) is 11.6 Å². The monoisotopic (exact) mass is 272 g/mol. The maximum atomic E-state index is 12.2. The maximum Gasteiger partial charge on any atom is 0.264 e. The molecule has 1 aromatic rings. The molecular formula is C12H17ClN2OS. The normalized spacial score (nSPS) is 17.4. The summed E-state index contributed by atoms with van der Waals surface area (Å²) >= 11 is 7.25. The van der Waals surface area contributed by atoms with E-state index in [2.05, 4.69) is 4.90 Å². The Morgan fingerprint density at radius 2 is 2.12 bits per heavy atom. The molecule has 0 radical (unpaired) electrons. The Bertz CT molecular complexity index is 386. The first-order valence-corrected chi connectivity index (χ1v) is 7.25. The van der Waals surface area contributed by atoms with E-state index in [1.54, 1.807) is 0 Å². The topological polar surface area (TPSA) is 23.6 Å². The van der Waals surface area contributed by atoms with Gasteiger partial charge in [0.25, 0.3) is 5.91 Å². The lowest BCUT2D eigenvalue weighted by Crippen LogP contribution is -2.49. The Kier molecular flexibility index (Phi) is 4.42. The van der Waals surface area contributed by atoms with E-state index in [9.17, 15) is 4.79 Å². The number of rotatable bonds is 3. The van der Waals surface area contributed by atoms with E-state index >= 15 is 0 Å². The highest BCUT2D eigenvalue weighted by Gasteiger charge is 2.23. The average Bonchev–Trinajstić information content (AvgIpc) is 2.76. The summed E-state index contributed by atoms with van der Waals surface area (Å²) in [6.07, 6.45) is 0. The minimum absolute atomic E-state index is 0.183. The summed E-state index contributed by atoms with van der Waals surface area (Å²) < 4.78 is 0. The van der Waals surface area contributed by atoms with Crippen molar-refractivity contribution in [1.29, 1.82) is 0 Å². The number of aryl methyl sites for hydroxylation is 1. The van der Waals surface area contributed by atoms with Crippen LogP contribution in [0.2, 0.25) is 0 Å². The first kappa shape index (κ1) is 12.9. The number of hydrogen-bond acceptors (Lipinski definition) is 3. The average molecular weight is 273 g/mol. The van der Waals surface area contributed by atoms with Crippen molar-refractivity contribution in [2.45, 2.75) is 6.92 Å². The van der Waals surface area contributed by atoms with Crippen molar-refractivity contribution in [1.82, 2.24) is 9.80 Å². The molecule has 0 spiro atoms. The van der Waals surface area contributed by atoms with Gasteiger partial charge in [-0.05, 0) is 23.9 Å². The van der Waals surface area contributed by atoms with Crippen molar-refractivity contribution >= 4 is 28.8 Å². The quantitative estimate of drug-likeness (QED) is 0.787. The van der Waals surface area contributed by atoms with Crippen LogP contribution in [0.5, 0.6) is 0 Å². The molecule has 1 fully saturated rings. The number of carbonyl (C=O) groups excluding carboxylic acids is 1. The summed E-state index contributed by atoms with van der Waals surface area (Å²) in [5.41, 5.74) is 1.09. The van der Waals surface area contributed by atoms with Gasteiger partial charge in [-0.2, -0.15) is 0 Å². The van der Waals surface area contributed by atoms with E-state index < -0.39 is 0 Å². The predicted molar refractivity (Wildman–Crippen MR) is 72.1 cm³/mol. The van der Waals surface area contributed by atoms with Crippen molar-refractivity contribution in [3.63, 3.8) is 0 Å². The lowest BCUT2D eigenvalue weighted by Gasteiger charge is -2.34. The summed E-state index contributed by atoms with van der Waals surface area (Å²) in [7, 11) is 0. The lowest BCUT2D eigenvalue weighted by atomic mass is 10.2. The summed E-state index contributed by atoms with van der Waals surface area (Å²) in [5, 5.41) is 1.98. The lowest BCUT2D eigenvalue weighted by molar-refractivity contribution is 0.0648. The number of nitrogens with zero attached hydrogens (tertiary/aromatic N) is 2. The third-order valence-electron chi connectivity index (χ3n) is 3.12. The molecule has 17 heavy (non-hydrogen) atoms. The predicted octanol–water partition coefficient (Wildman–Crippen LogP) is 2.05. The summed E-state index contributed by atoms with van der Waals surface area (Å²) in [5.74, 6) is 0.848. The zero-order valence-corrected chi connectivity index (χ0v) is 11.6. The largest absolute Gasteiger partial charge is 0.335 e. The number of carbonyl (C=O) groups is 1. The van der Waals surface area contributed by atoms with Crippen molar-refractivity contribution in [3.05, 3.63) is 21.9 Å². The van der Waals surface area contributed by atoms with Crippen LogP contribution in [0.1, 0.15) is 15.2 Å². The van der Waals surface area contributed by atoms with E-state index in [1.165, 1.54) is 11.3 Å². The Morgan fingerprint density at radius 1 is 1.41 bits per heavy atom. The Balaban J connectivity index is 1.93. The first-order valence-electron chi connectivity index (χ1n) is 5.84. The van der Waals surface area contributed by atoms with E-state index in [-0.39, 0.29) is 5.91 Å². The van der Waals surface area contributed by atoms with Crippen LogP contribution < -0.4 is 0 Å². The zero-order chi connectivity index (χ0) is 12.3. The third-order valence-corrected chi connectivity index (χ3v) is 4.29. The molecule has 0 unspecified atom stereocenters. The standard InChI is InChI=1S/C12H17ClN2OS/c1-10-2-9-17-11(10)12(16)15-7-5-14(4-3-13)6-8-15/h2,9H,3-8H2,1H3. The molecular weight excluding hydrogens is 256 g/mol. The van der Waals surface area contributed by atoms with Crippen molar-refractivity contribution in [2.24, 2.45) is 0 Å². The van der Waals surface area contributed by atoms with Crippen LogP contribution in [0.4, 0.5) is 0 Å². The first-order chi connectivity index (χ1) is 8.22. The number of alkyl halides is 1. The van der Waals surface area contributed by atoms with E-state index in [0.717, 1.165) is 43.2 Å². The number of thiophene rings is 1. The number of halogens is 1. The highest BCUT2D eigenvalue weighted by atomic mass is 35.5. The molecule has 3 nitrogen and oxygen atoms in total. The number of hydrogen-bond donors (Lipinski definition) is 0. The van der Waals surface area contributed by atoms with Gasteiger partial charge < -0.3 is 4.90 Å². The van der Waals surface area contributed by atoms with Crippen molar-refractivity contribution in [2.75, 3.05) is 38.6 Å². The zero-order valence-electron chi connectivity index (χ0n) is 9.99. The van der Waals surface area contributed by atoms with Gasteiger partial charge in [0.1, 0.15) is 0 Å². The minimum Gasteiger partial charge on any atom is -0.335 e. The van der Waals surface area contributed by atoms with Gasteiger partial charge in [0.05, 0.1) is 4.88 Å². The second-order valence-electron chi connectivity index (χ2n) is 4.26. The van der Waals surface area contributed by atoms with Crippen LogP contribution in [0, 0.1) is 6.92 Å². The van der Waals surface area contributed by atoms with E-state index in [0.29, 0.717) is 5.88 Å². The van der Waals surface area contributed by atoms with Gasteiger partial charge in [0.15, 0.2) is 0 Å². The van der Waals surface area contributed by atoms with Crippen LogP contribution >= 0.6 is 22.9 Å². The molecule has 1 aromatic heterocycles. The SMILES string of the molecule is Cc1ccsc1C(=O)N1CCN(CCCl)CC1. The molecule has 2 rings (SSSR count). The molecule has 1 saturated heterocycles. The van der Waals surface area contributed by atoms with Gasteiger partial charge in [-0.15, -0.1) is 22.9 Å². The smallest absolute Gasteiger partial charge is 0.264 e. The molecule has 0 aromatic carbocycles. The molecule has 0 N–H and O–H groups in total. The summed E-state index contributed by atoms with van der Waals surface area (Å²) in [4.78, 5) is 17.4. The summed E-state index contributed by atoms with van der Waals surface area (Å²) in [6.45, 7) is 6.40. The van der Waals surface area contributed by atoms with Crippen LogP contribution in [-0.4, -0.2) is 54.3 Å². The fraction of sp³-hybridized carbons (Fsp3) is 0.583. The molecule has 2 heterocycles. The Morgan fingerprint density at radius 3 is 2.65 bits per heavy atom. The number of amides is 1. The van der Waals surface area contributed by atoms with E-state index in [1.807, 2.05) is 23.3 Å². The third kappa shape index (κ3) is 3.00. The highest BCUT2D eigenvalue weighted by Crippen LogP contribution is 2.18.